The number of nitrogens with two attached hydrogens (primary N) is 1. The van der Waals surface area contributed by atoms with Gasteiger partial charge in [-0.05, 0) is 6.92 Å². The van der Waals surface area contributed by atoms with E-state index in [1.54, 1.807) is 18.7 Å². The fraction of sp³-hybridized carbons (Fsp3) is 0.455. The normalized spacial score (nSPS) is 12.1. The molecule has 0 fully saturated rings. The van der Waals surface area contributed by atoms with Crippen molar-refractivity contribution < 1.29 is 18.0 Å². The van der Waals surface area contributed by atoms with Crippen molar-refractivity contribution in [3.8, 4) is 0 Å². The highest BCUT2D eigenvalue weighted by atomic mass is 32.1. The van der Waals surface area contributed by atoms with Gasteiger partial charge in [-0.3, -0.25) is 9.48 Å². The van der Waals surface area contributed by atoms with Crippen LogP contribution in [0.15, 0.2) is 0 Å². The standard InChI is InChI=1S/C11H13F3N4OS/c1-5-6-7(15)8(20-10(6)18(2)17-5)9(19)16-4-3-11(12,13)14/h3-4,15H2,1-2H3,(H,16,19). The summed E-state index contributed by atoms with van der Waals surface area (Å²) >= 11 is 1.12. The Kier molecular flexibility index (Phi) is 3.63. The van der Waals surface area contributed by atoms with E-state index in [4.69, 9.17) is 5.73 Å². The van der Waals surface area contributed by atoms with Crippen LogP contribution in [-0.4, -0.2) is 28.4 Å². The third-order valence-electron chi connectivity index (χ3n) is 2.78. The first-order valence-corrected chi connectivity index (χ1v) is 6.59. The maximum absolute atomic E-state index is 12.0. The van der Waals surface area contributed by atoms with Gasteiger partial charge < -0.3 is 11.1 Å². The second-order valence-electron chi connectivity index (χ2n) is 4.36. The molecule has 0 aliphatic rings. The highest BCUT2D eigenvalue weighted by molar-refractivity contribution is 7.21. The fourth-order valence-corrected chi connectivity index (χ4v) is 3.00. The second kappa shape index (κ2) is 4.97. The van der Waals surface area contributed by atoms with Crippen LogP contribution >= 0.6 is 11.3 Å². The average Bonchev–Trinajstić information content (AvgIpc) is 2.77. The van der Waals surface area contributed by atoms with Crippen molar-refractivity contribution >= 4 is 33.1 Å². The van der Waals surface area contributed by atoms with Gasteiger partial charge in [0, 0.05) is 13.6 Å². The van der Waals surface area contributed by atoms with Gasteiger partial charge in [-0.25, -0.2) is 0 Å². The van der Waals surface area contributed by atoms with Gasteiger partial charge >= 0.3 is 6.18 Å². The van der Waals surface area contributed by atoms with Crippen molar-refractivity contribution in [1.82, 2.24) is 15.1 Å². The van der Waals surface area contributed by atoms with Crippen LogP contribution in [0.5, 0.6) is 0 Å². The lowest BCUT2D eigenvalue weighted by Gasteiger charge is -2.07. The lowest BCUT2D eigenvalue weighted by Crippen LogP contribution is -2.27. The number of amides is 1. The lowest BCUT2D eigenvalue weighted by molar-refractivity contribution is -0.132. The number of nitrogen functional groups attached to an aromatic ring is 1. The van der Waals surface area contributed by atoms with Crippen LogP contribution in [-0.2, 0) is 7.05 Å². The van der Waals surface area contributed by atoms with Crippen LogP contribution in [0.1, 0.15) is 21.8 Å². The highest BCUT2D eigenvalue weighted by Crippen LogP contribution is 2.35. The molecule has 2 aromatic heterocycles. The minimum atomic E-state index is -4.29. The average molecular weight is 306 g/mol. The molecule has 0 aromatic carbocycles. The number of hydrogen-bond donors (Lipinski definition) is 2. The minimum absolute atomic E-state index is 0.221. The number of carbonyl (C=O) groups excluding carboxylic acids is 1. The number of carbonyl (C=O) groups is 1. The summed E-state index contributed by atoms with van der Waals surface area (Å²) in [5, 5.41) is 7.08. The first-order chi connectivity index (χ1) is 9.20. The Morgan fingerprint density at radius 1 is 1.50 bits per heavy atom. The van der Waals surface area contributed by atoms with E-state index in [9.17, 15) is 18.0 Å². The van der Waals surface area contributed by atoms with E-state index in [1.807, 2.05) is 0 Å². The molecule has 2 heterocycles. The van der Waals surface area contributed by atoms with Gasteiger partial charge in [-0.15, -0.1) is 11.3 Å². The molecular formula is C11H13F3N4OS. The summed E-state index contributed by atoms with van der Waals surface area (Å²) < 4.78 is 37.7. The van der Waals surface area contributed by atoms with E-state index in [0.29, 0.717) is 11.1 Å². The van der Waals surface area contributed by atoms with Gasteiger partial charge in [0.1, 0.15) is 9.71 Å². The SMILES string of the molecule is Cc1nn(C)c2sc(C(=O)NCCC(F)(F)F)c(N)c12. The zero-order valence-corrected chi connectivity index (χ0v) is 11.7. The number of thiophene rings is 1. The van der Waals surface area contributed by atoms with Crippen LogP contribution in [0, 0.1) is 6.92 Å². The van der Waals surface area contributed by atoms with Gasteiger partial charge in [-0.1, -0.05) is 0 Å². The Hall–Kier alpha value is -1.77. The van der Waals surface area contributed by atoms with Crippen molar-refractivity contribution in [2.75, 3.05) is 12.3 Å². The van der Waals surface area contributed by atoms with Crippen LogP contribution in [0.2, 0.25) is 0 Å². The molecule has 9 heteroatoms. The Balaban J connectivity index is 2.19. The zero-order chi connectivity index (χ0) is 15.1. The van der Waals surface area contributed by atoms with Gasteiger partial charge in [0.15, 0.2) is 0 Å². The molecule has 0 saturated carbocycles. The number of aromatic nitrogens is 2. The Morgan fingerprint density at radius 2 is 2.15 bits per heavy atom. The molecule has 2 rings (SSSR count). The third-order valence-corrected chi connectivity index (χ3v) is 4.05. The molecule has 3 N–H and O–H groups in total. The van der Waals surface area contributed by atoms with Crippen molar-refractivity contribution in [2.24, 2.45) is 7.05 Å². The predicted octanol–water partition coefficient (Wildman–Crippen LogP) is 2.21. The topological polar surface area (TPSA) is 72.9 Å². The number of alkyl halides is 3. The number of nitrogens with zero attached hydrogens (tertiary/aromatic N) is 2. The summed E-state index contributed by atoms with van der Waals surface area (Å²) in [6.07, 6.45) is -5.36. The van der Waals surface area contributed by atoms with Crippen molar-refractivity contribution in [3.05, 3.63) is 10.6 Å². The molecule has 0 atom stereocenters. The Morgan fingerprint density at radius 3 is 2.70 bits per heavy atom. The summed E-state index contributed by atoms with van der Waals surface area (Å²) in [7, 11) is 1.72. The Labute approximate surface area is 116 Å². The van der Waals surface area contributed by atoms with Gasteiger partial charge in [0.2, 0.25) is 0 Å². The number of nitrogens with one attached hydrogen (secondary N) is 1. The first-order valence-electron chi connectivity index (χ1n) is 5.77. The van der Waals surface area contributed by atoms with Crippen LogP contribution in [0.25, 0.3) is 10.2 Å². The zero-order valence-electron chi connectivity index (χ0n) is 10.8. The number of aryl methyl sites for hydroxylation is 2. The molecule has 110 valence electrons. The molecule has 0 bridgehead atoms. The summed E-state index contributed by atoms with van der Waals surface area (Å²) in [5.41, 5.74) is 6.84. The fourth-order valence-electron chi connectivity index (χ4n) is 1.90. The number of anilines is 1. The minimum Gasteiger partial charge on any atom is -0.397 e. The van der Waals surface area contributed by atoms with E-state index in [-0.39, 0.29) is 10.6 Å². The van der Waals surface area contributed by atoms with E-state index < -0.39 is 25.0 Å². The summed E-state index contributed by atoms with van der Waals surface area (Å²) in [6, 6.07) is 0. The van der Waals surface area contributed by atoms with Crippen molar-refractivity contribution in [3.63, 3.8) is 0 Å². The molecule has 0 aliphatic heterocycles. The van der Waals surface area contributed by atoms with E-state index in [1.165, 1.54) is 0 Å². The molecule has 0 radical (unpaired) electrons. The van der Waals surface area contributed by atoms with Crippen LogP contribution in [0.3, 0.4) is 0 Å². The second-order valence-corrected chi connectivity index (χ2v) is 5.35. The molecule has 2 aromatic rings. The first kappa shape index (κ1) is 14.6. The van der Waals surface area contributed by atoms with E-state index in [0.717, 1.165) is 16.2 Å². The quantitative estimate of drug-likeness (QED) is 0.913. The van der Waals surface area contributed by atoms with Gasteiger partial charge in [0.05, 0.1) is 23.2 Å². The maximum Gasteiger partial charge on any atom is 0.390 e. The van der Waals surface area contributed by atoms with Crippen LogP contribution in [0.4, 0.5) is 18.9 Å². The molecular weight excluding hydrogens is 293 g/mol. The largest absolute Gasteiger partial charge is 0.397 e. The molecule has 20 heavy (non-hydrogen) atoms. The maximum atomic E-state index is 12.0. The third kappa shape index (κ3) is 2.72. The molecule has 0 aliphatic carbocycles. The molecule has 1 amide bonds. The summed E-state index contributed by atoms with van der Waals surface area (Å²) in [5.74, 6) is -0.590. The summed E-state index contributed by atoms with van der Waals surface area (Å²) in [4.78, 5) is 12.8. The van der Waals surface area contributed by atoms with E-state index in [2.05, 4.69) is 10.4 Å². The highest BCUT2D eigenvalue weighted by Gasteiger charge is 2.27. The smallest absolute Gasteiger partial charge is 0.390 e. The van der Waals surface area contributed by atoms with Crippen molar-refractivity contribution in [1.29, 1.82) is 0 Å². The lowest BCUT2D eigenvalue weighted by atomic mass is 10.2. The molecule has 0 spiro atoms. The van der Waals surface area contributed by atoms with Gasteiger partial charge in [-0.2, -0.15) is 18.3 Å². The van der Waals surface area contributed by atoms with Crippen LogP contribution < -0.4 is 11.1 Å². The number of halogens is 3. The summed E-state index contributed by atoms with van der Waals surface area (Å²) in [6.45, 7) is 1.30. The van der Waals surface area contributed by atoms with E-state index >= 15 is 0 Å². The monoisotopic (exact) mass is 306 g/mol. The molecule has 5 nitrogen and oxygen atoms in total. The number of rotatable bonds is 3. The Bertz CT molecular complexity index is 659. The predicted molar refractivity (Wildman–Crippen MR) is 70.7 cm³/mol. The van der Waals surface area contributed by atoms with Crippen molar-refractivity contribution in [2.45, 2.75) is 19.5 Å². The number of hydrogen-bond acceptors (Lipinski definition) is 4. The molecule has 0 saturated heterocycles. The van der Waals surface area contributed by atoms with Gasteiger partial charge in [0.25, 0.3) is 5.91 Å². The number of fused-ring (bicyclic) bond motifs is 1. The molecule has 0 unspecified atom stereocenters.